The number of carbonyl (C=O) groups is 2. The van der Waals surface area contributed by atoms with Gasteiger partial charge in [-0.05, 0) is 18.1 Å². The van der Waals surface area contributed by atoms with Gasteiger partial charge in [0.15, 0.2) is 0 Å². The van der Waals surface area contributed by atoms with Gasteiger partial charge < -0.3 is 10.4 Å². The van der Waals surface area contributed by atoms with Gasteiger partial charge in [-0.25, -0.2) is 0 Å². The van der Waals surface area contributed by atoms with Crippen molar-refractivity contribution < 1.29 is 14.7 Å². The van der Waals surface area contributed by atoms with Crippen LogP contribution in [0.4, 0.5) is 0 Å². The van der Waals surface area contributed by atoms with Crippen LogP contribution in [0, 0.1) is 11.8 Å². The largest absolute Gasteiger partial charge is 0.481 e. The smallest absolute Gasteiger partial charge is 0.308 e. The number of hydrogen-bond donors (Lipinski definition) is 2. The fraction of sp³-hybridized carbons (Fsp3) is 0.385. The minimum atomic E-state index is -0.944. The standard InChI is InChI=1S/C13H15Cl2NO3/c1-7(2)8(13(18)19)6-16-12(17)11-9(14)4-3-5-10(11)15/h3-5,7-8H,6H2,1-2H3,(H,16,17)(H,18,19). The maximum atomic E-state index is 12.0. The quantitative estimate of drug-likeness (QED) is 0.878. The van der Waals surface area contributed by atoms with Crippen molar-refractivity contribution in [1.82, 2.24) is 5.32 Å². The summed E-state index contributed by atoms with van der Waals surface area (Å²) in [6.45, 7) is 3.61. The summed E-state index contributed by atoms with van der Waals surface area (Å²) < 4.78 is 0. The minimum absolute atomic E-state index is 0.0351. The molecule has 0 spiro atoms. The normalized spacial score (nSPS) is 12.3. The molecule has 0 radical (unpaired) electrons. The maximum Gasteiger partial charge on any atom is 0.308 e. The average Bonchev–Trinajstić information content (AvgIpc) is 2.27. The van der Waals surface area contributed by atoms with Crippen LogP contribution < -0.4 is 5.32 Å². The topological polar surface area (TPSA) is 66.4 Å². The van der Waals surface area contributed by atoms with Crippen molar-refractivity contribution in [1.29, 1.82) is 0 Å². The summed E-state index contributed by atoms with van der Waals surface area (Å²) in [5.41, 5.74) is 0.165. The zero-order valence-corrected chi connectivity index (χ0v) is 12.1. The van der Waals surface area contributed by atoms with Gasteiger partial charge in [0.05, 0.1) is 21.5 Å². The first kappa shape index (κ1) is 15.8. The molecule has 0 aliphatic heterocycles. The summed E-state index contributed by atoms with van der Waals surface area (Å²) in [5, 5.41) is 12.1. The molecule has 0 heterocycles. The van der Waals surface area contributed by atoms with E-state index in [1.165, 1.54) is 0 Å². The van der Waals surface area contributed by atoms with Crippen LogP contribution in [0.2, 0.25) is 10.0 Å². The highest BCUT2D eigenvalue weighted by atomic mass is 35.5. The van der Waals surface area contributed by atoms with E-state index in [0.29, 0.717) is 0 Å². The molecule has 0 saturated carbocycles. The van der Waals surface area contributed by atoms with E-state index in [1.54, 1.807) is 32.0 Å². The van der Waals surface area contributed by atoms with Crippen molar-refractivity contribution in [3.63, 3.8) is 0 Å². The number of halogens is 2. The second kappa shape index (κ2) is 6.78. The third-order valence-corrected chi connectivity index (χ3v) is 3.42. The highest BCUT2D eigenvalue weighted by molar-refractivity contribution is 6.39. The van der Waals surface area contributed by atoms with Gasteiger partial charge in [-0.15, -0.1) is 0 Å². The summed E-state index contributed by atoms with van der Waals surface area (Å²) in [7, 11) is 0. The number of benzene rings is 1. The molecule has 0 aliphatic rings. The Labute approximate surface area is 121 Å². The molecule has 2 N–H and O–H groups in total. The van der Waals surface area contributed by atoms with Crippen LogP contribution in [0.5, 0.6) is 0 Å². The zero-order chi connectivity index (χ0) is 14.6. The lowest BCUT2D eigenvalue weighted by atomic mass is 9.96. The number of carboxylic acids is 1. The Kier molecular flexibility index (Phi) is 5.63. The van der Waals surface area contributed by atoms with Gasteiger partial charge in [-0.2, -0.15) is 0 Å². The fourth-order valence-electron chi connectivity index (χ4n) is 1.61. The van der Waals surface area contributed by atoms with Crippen LogP contribution in [0.25, 0.3) is 0 Å². The van der Waals surface area contributed by atoms with Crippen LogP contribution in [0.15, 0.2) is 18.2 Å². The van der Waals surface area contributed by atoms with Gasteiger partial charge >= 0.3 is 5.97 Å². The summed E-state index contributed by atoms with van der Waals surface area (Å²) in [6.07, 6.45) is 0. The lowest BCUT2D eigenvalue weighted by Crippen LogP contribution is -2.35. The number of carboxylic acid groups (broad SMARTS) is 1. The average molecular weight is 304 g/mol. The number of rotatable bonds is 5. The fourth-order valence-corrected chi connectivity index (χ4v) is 2.18. The van der Waals surface area contributed by atoms with E-state index in [9.17, 15) is 9.59 Å². The number of aliphatic carboxylic acids is 1. The van der Waals surface area contributed by atoms with Crippen LogP contribution in [-0.4, -0.2) is 23.5 Å². The molecule has 19 heavy (non-hydrogen) atoms. The molecule has 1 atom stereocenters. The number of nitrogens with one attached hydrogen (secondary N) is 1. The molecular weight excluding hydrogens is 289 g/mol. The molecule has 0 aliphatic carbocycles. The molecule has 104 valence electrons. The summed E-state index contributed by atoms with van der Waals surface area (Å²) in [5.74, 6) is -2.15. The number of amides is 1. The molecular formula is C13H15Cl2NO3. The molecule has 1 rings (SSSR count). The summed E-state index contributed by atoms with van der Waals surface area (Å²) in [4.78, 5) is 23.0. The molecule has 1 amide bonds. The predicted octanol–water partition coefficient (Wildman–Crippen LogP) is 3.08. The van der Waals surface area contributed by atoms with Crippen LogP contribution >= 0.6 is 23.2 Å². The summed E-state index contributed by atoms with van der Waals surface area (Å²) in [6, 6.07) is 4.74. The summed E-state index contributed by atoms with van der Waals surface area (Å²) >= 11 is 11.8. The molecule has 0 fully saturated rings. The Balaban J connectivity index is 2.78. The minimum Gasteiger partial charge on any atom is -0.481 e. The van der Waals surface area contributed by atoms with Gasteiger partial charge in [-0.3, -0.25) is 9.59 Å². The second-order valence-corrected chi connectivity index (χ2v) is 5.31. The molecule has 0 saturated heterocycles. The lowest BCUT2D eigenvalue weighted by Gasteiger charge is -2.17. The van der Waals surface area contributed by atoms with Gasteiger partial charge in [0.2, 0.25) is 0 Å². The Bertz CT molecular complexity index is 469. The lowest BCUT2D eigenvalue weighted by molar-refractivity contribution is -0.142. The second-order valence-electron chi connectivity index (χ2n) is 4.50. The molecule has 4 nitrogen and oxygen atoms in total. The predicted molar refractivity (Wildman–Crippen MR) is 74.8 cm³/mol. The van der Waals surface area contributed by atoms with Gasteiger partial charge in [0.25, 0.3) is 5.91 Å². The Hall–Kier alpha value is -1.26. The van der Waals surface area contributed by atoms with E-state index in [-0.39, 0.29) is 28.1 Å². The molecule has 1 aromatic carbocycles. The number of carbonyl (C=O) groups excluding carboxylic acids is 1. The zero-order valence-electron chi connectivity index (χ0n) is 10.6. The SMILES string of the molecule is CC(C)C(CNC(=O)c1c(Cl)cccc1Cl)C(=O)O. The van der Waals surface area contributed by atoms with Crippen molar-refractivity contribution in [2.75, 3.05) is 6.54 Å². The van der Waals surface area contributed by atoms with Crippen LogP contribution in [0.1, 0.15) is 24.2 Å². The monoisotopic (exact) mass is 303 g/mol. The van der Waals surface area contributed by atoms with Crippen LogP contribution in [0.3, 0.4) is 0 Å². The molecule has 0 aromatic heterocycles. The Morgan fingerprint density at radius 3 is 2.21 bits per heavy atom. The molecule has 6 heteroatoms. The molecule has 1 aromatic rings. The first-order valence-corrected chi connectivity index (χ1v) is 6.55. The van der Waals surface area contributed by atoms with E-state index in [1.807, 2.05) is 0 Å². The van der Waals surface area contributed by atoms with Crippen molar-refractivity contribution in [2.24, 2.45) is 11.8 Å². The van der Waals surface area contributed by atoms with E-state index in [0.717, 1.165) is 0 Å². The van der Waals surface area contributed by atoms with E-state index < -0.39 is 17.8 Å². The van der Waals surface area contributed by atoms with Gasteiger partial charge in [0, 0.05) is 6.54 Å². The van der Waals surface area contributed by atoms with E-state index in [2.05, 4.69) is 5.32 Å². The van der Waals surface area contributed by atoms with Gasteiger partial charge in [-0.1, -0.05) is 43.1 Å². The number of hydrogen-bond acceptors (Lipinski definition) is 2. The van der Waals surface area contributed by atoms with Crippen molar-refractivity contribution in [3.8, 4) is 0 Å². The molecule has 1 unspecified atom stereocenters. The van der Waals surface area contributed by atoms with Crippen molar-refractivity contribution in [3.05, 3.63) is 33.8 Å². The third-order valence-electron chi connectivity index (χ3n) is 2.79. The first-order valence-electron chi connectivity index (χ1n) is 5.79. The molecule has 0 bridgehead atoms. The van der Waals surface area contributed by atoms with Crippen molar-refractivity contribution in [2.45, 2.75) is 13.8 Å². The highest BCUT2D eigenvalue weighted by Crippen LogP contribution is 2.24. The van der Waals surface area contributed by atoms with Gasteiger partial charge in [0.1, 0.15) is 0 Å². The third kappa shape index (κ3) is 4.11. The van der Waals surface area contributed by atoms with Crippen molar-refractivity contribution >= 4 is 35.1 Å². The van der Waals surface area contributed by atoms with E-state index in [4.69, 9.17) is 28.3 Å². The maximum absolute atomic E-state index is 12.0. The van der Waals surface area contributed by atoms with Crippen LogP contribution in [-0.2, 0) is 4.79 Å². The Morgan fingerprint density at radius 1 is 1.26 bits per heavy atom. The highest BCUT2D eigenvalue weighted by Gasteiger charge is 2.23. The first-order chi connectivity index (χ1) is 8.84. The van der Waals surface area contributed by atoms with E-state index >= 15 is 0 Å². The Morgan fingerprint density at radius 2 is 1.79 bits per heavy atom.